The molecule has 3 N–H and O–H groups in total. The molecule has 1 fully saturated rings. The minimum atomic E-state index is -4.33. The number of amides is 2. The highest BCUT2D eigenvalue weighted by Gasteiger charge is 2.30. The van der Waals surface area contributed by atoms with Crippen molar-refractivity contribution in [3.05, 3.63) is 29.8 Å². The second-order valence-electron chi connectivity index (χ2n) is 5.80. The molecule has 2 unspecified atom stereocenters. The van der Waals surface area contributed by atoms with E-state index >= 15 is 0 Å². The van der Waals surface area contributed by atoms with Crippen molar-refractivity contribution in [1.82, 2.24) is 16.0 Å². The molecule has 1 heterocycles. The second kappa shape index (κ2) is 8.09. The van der Waals surface area contributed by atoms with Crippen LogP contribution in [0.2, 0.25) is 0 Å². The van der Waals surface area contributed by atoms with Crippen molar-refractivity contribution in [2.75, 3.05) is 0 Å². The number of rotatable bonds is 5. The monoisotopic (exact) mass is 375 g/mol. The van der Waals surface area contributed by atoms with Crippen LogP contribution in [0, 0.1) is 0 Å². The van der Waals surface area contributed by atoms with Gasteiger partial charge in [-0.1, -0.05) is 19.1 Å². The summed E-state index contributed by atoms with van der Waals surface area (Å²) in [6.45, 7) is 3.61. The Labute approximate surface area is 148 Å². The third-order valence-electron chi connectivity index (χ3n) is 3.78. The first-order valence-electron chi connectivity index (χ1n) is 7.89. The van der Waals surface area contributed by atoms with Gasteiger partial charge in [-0.05, 0) is 42.8 Å². The first-order chi connectivity index (χ1) is 11.7. The first-order valence-corrected chi connectivity index (χ1v) is 8.71. The highest BCUT2D eigenvalue weighted by Crippen LogP contribution is 2.37. The van der Waals surface area contributed by atoms with Gasteiger partial charge in [-0.2, -0.15) is 13.2 Å². The van der Waals surface area contributed by atoms with Crippen LogP contribution in [0.25, 0.3) is 0 Å². The summed E-state index contributed by atoms with van der Waals surface area (Å²) >= 11 is -0.176. The van der Waals surface area contributed by atoms with E-state index in [1.807, 2.05) is 6.92 Å². The molecule has 1 saturated heterocycles. The molecule has 0 saturated carbocycles. The van der Waals surface area contributed by atoms with Crippen molar-refractivity contribution >= 4 is 23.6 Å². The molecule has 1 aromatic rings. The summed E-state index contributed by atoms with van der Waals surface area (Å²) in [5, 5.41) is 8.50. The van der Waals surface area contributed by atoms with E-state index in [2.05, 4.69) is 16.0 Å². The summed E-state index contributed by atoms with van der Waals surface area (Å²) in [5.74, 6) is -0.504. The molecule has 0 spiro atoms. The van der Waals surface area contributed by atoms with E-state index in [1.54, 1.807) is 19.1 Å². The van der Waals surface area contributed by atoms with Crippen LogP contribution in [0.4, 0.5) is 13.2 Å². The predicted octanol–water partition coefficient (Wildman–Crippen LogP) is 2.69. The standard InChI is InChI=1S/C16H20F3N3O2S/c1-3-12(10-4-6-11(7-5-10)25-16(17,18)19)22-15(24)13-8-14(23)21-9(2)20-13/h4-7,9,12-13,20H,3,8H2,1-2H3,(H,21,23)(H,22,24)/t9?,12-,13?/m1/s1. The molecule has 0 bridgehead atoms. The maximum atomic E-state index is 12.4. The van der Waals surface area contributed by atoms with E-state index in [4.69, 9.17) is 0 Å². The van der Waals surface area contributed by atoms with Crippen LogP contribution in [0.1, 0.15) is 38.3 Å². The number of thioether (sulfide) groups is 1. The lowest BCUT2D eigenvalue weighted by Crippen LogP contribution is -2.59. The molecule has 1 aromatic carbocycles. The smallest absolute Gasteiger partial charge is 0.348 e. The average Bonchev–Trinajstić information content (AvgIpc) is 2.51. The summed E-state index contributed by atoms with van der Waals surface area (Å²) in [5.41, 5.74) is -3.61. The third-order valence-corrected chi connectivity index (χ3v) is 4.51. The lowest BCUT2D eigenvalue weighted by Gasteiger charge is -2.30. The fourth-order valence-electron chi connectivity index (χ4n) is 2.65. The summed E-state index contributed by atoms with van der Waals surface area (Å²) in [6, 6.07) is 4.96. The Morgan fingerprint density at radius 1 is 1.36 bits per heavy atom. The van der Waals surface area contributed by atoms with E-state index in [0.717, 1.165) is 5.56 Å². The Morgan fingerprint density at radius 2 is 2.00 bits per heavy atom. The summed E-state index contributed by atoms with van der Waals surface area (Å²) < 4.78 is 37.1. The highest BCUT2D eigenvalue weighted by atomic mass is 32.2. The van der Waals surface area contributed by atoms with Crippen LogP contribution >= 0.6 is 11.8 Å². The van der Waals surface area contributed by atoms with Crippen molar-refractivity contribution in [3.8, 4) is 0 Å². The number of halogens is 3. The van der Waals surface area contributed by atoms with Crippen molar-refractivity contribution in [1.29, 1.82) is 0 Å². The van der Waals surface area contributed by atoms with Gasteiger partial charge in [0.25, 0.3) is 0 Å². The van der Waals surface area contributed by atoms with Crippen LogP contribution in [0.5, 0.6) is 0 Å². The van der Waals surface area contributed by atoms with Crippen LogP contribution in [0.15, 0.2) is 29.2 Å². The van der Waals surface area contributed by atoms with Crippen molar-refractivity contribution in [2.45, 2.75) is 55.3 Å². The Balaban J connectivity index is 2.01. The maximum absolute atomic E-state index is 12.4. The molecular weight excluding hydrogens is 355 g/mol. The summed E-state index contributed by atoms with van der Waals surface area (Å²) in [7, 11) is 0. The summed E-state index contributed by atoms with van der Waals surface area (Å²) in [6.07, 6.45) is 0.329. The number of hydrogen-bond acceptors (Lipinski definition) is 4. The number of alkyl halides is 3. The largest absolute Gasteiger partial charge is 0.446 e. The molecule has 0 radical (unpaired) electrons. The molecule has 0 aromatic heterocycles. The van der Waals surface area contributed by atoms with Gasteiger partial charge in [0.2, 0.25) is 11.8 Å². The van der Waals surface area contributed by atoms with E-state index in [-0.39, 0.29) is 47.1 Å². The molecule has 9 heteroatoms. The Hall–Kier alpha value is -1.74. The Bertz CT molecular complexity index is 622. The number of nitrogens with one attached hydrogen (secondary N) is 3. The SMILES string of the molecule is CC[C@@H](NC(=O)C1CC(=O)NC(C)N1)c1ccc(SC(F)(F)F)cc1. The minimum absolute atomic E-state index is 0.0494. The Kier molecular flexibility index (Phi) is 6.34. The number of carbonyl (C=O) groups is 2. The van der Waals surface area contributed by atoms with Crippen molar-refractivity contribution in [3.63, 3.8) is 0 Å². The second-order valence-corrected chi connectivity index (χ2v) is 6.94. The van der Waals surface area contributed by atoms with E-state index in [1.165, 1.54) is 12.1 Å². The average molecular weight is 375 g/mol. The fraction of sp³-hybridized carbons (Fsp3) is 0.500. The lowest BCUT2D eigenvalue weighted by atomic mass is 10.0. The minimum Gasteiger partial charge on any atom is -0.348 e. The van der Waals surface area contributed by atoms with Gasteiger partial charge < -0.3 is 10.6 Å². The quantitative estimate of drug-likeness (QED) is 0.692. The lowest BCUT2D eigenvalue weighted by molar-refractivity contribution is -0.132. The normalized spacial score (nSPS) is 22.2. The molecular formula is C16H20F3N3O2S. The van der Waals surface area contributed by atoms with Gasteiger partial charge in [-0.25, -0.2) is 0 Å². The van der Waals surface area contributed by atoms with Gasteiger partial charge in [0.1, 0.15) is 0 Å². The molecule has 5 nitrogen and oxygen atoms in total. The Morgan fingerprint density at radius 3 is 2.52 bits per heavy atom. The van der Waals surface area contributed by atoms with Gasteiger partial charge in [-0.15, -0.1) is 0 Å². The zero-order chi connectivity index (χ0) is 18.6. The van der Waals surface area contributed by atoms with Gasteiger partial charge >= 0.3 is 5.51 Å². The van der Waals surface area contributed by atoms with Crippen LogP contribution in [-0.2, 0) is 9.59 Å². The number of hydrogen-bond donors (Lipinski definition) is 3. The maximum Gasteiger partial charge on any atom is 0.446 e. The fourth-order valence-corrected chi connectivity index (χ4v) is 3.19. The first kappa shape index (κ1) is 19.6. The highest BCUT2D eigenvalue weighted by molar-refractivity contribution is 8.00. The van der Waals surface area contributed by atoms with Gasteiger partial charge in [0.05, 0.1) is 24.7 Å². The van der Waals surface area contributed by atoms with Crippen molar-refractivity contribution < 1.29 is 22.8 Å². The molecule has 138 valence electrons. The zero-order valence-corrected chi connectivity index (χ0v) is 14.6. The van der Waals surface area contributed by atoms with Crippen LogP contribution < -0.4 is 16.0 Å². The van der Waals surface area contributed by atoms with E-state index in [0.29, 0.717) is 6.42 Å². The van der Waals surface area contributed by atoms with E-state index in [9.17, 15) is 22.8 Å². The molecule has 25 heavy (non-hydrogen) atoms. The molecule has 2 amide bonds. The van der Waals surface area contributed by atoms with Gasteiger partial charge in [0.15, 0.2) is 0 Å². The number of benzene rings is 1. The number of carbonyl (C=O) groups excluding carboxylic acids is 2. The van der Waals surface area contributed by atoms with Gasteiger partial charge in [-0.3, -0.25) is 14.9 Å². The molecule has 2 rings (SSSR count). The molecule has 1 aliphatic rings. The molecule has 3 atom stereocenters. The topological polar surface area (TPSA) is 70.2 Å². The summed E-state index contributed by atoms with van der Waals surface area (Å²) in [4.78, 5) is 24.0. The van der Waals surface area contributed by atoms with Gasteiger partial charge in [0, 0.05) is 4.90 Å². The van der Waals surface area contributed by atoms with Crippen LogP contribution in [0.3, 0.4) is 0 Å². The van der Waals surface area contributed by atoms with Crippen LogP contribution in [-0.4, -0.2) is 29.5 Å². The van der Waals surface area contributed by atoms with E-state index < -0.39 is 11.6 Å². The molecule has 1 aliphatic heterocycles. The molecule has 0 aliphatic carbocycles. The predicted molar refractivity (Wildman–Crippen MR) is 88.7 cm³/mol. The van der Waals surface area contributed by atoms with Crippen molar-refractivity contribution in [2.24, 2.45) is 0 Å². The zero-order valence-electron chi connectivity index (χ0n) is 13.8. The third kappa shape index (κ3) is 5.93.